The summed E-state index contributed by atoms with van der Waals surface area (Å²) in [5.74, 6) is 0.102. The molecule has 0 N–H and O–H groups in total. The van der Waals surface area contributed by atoms with Gasteiger partial charge in [-0.25, -0.2) is 13.4 Å². The number of hydrogen-bond donors (Lipinski definition) is 0. The molecule has 1 amide bonds. The average Bonchev–Trinajstić information content (AvgIpc) is 3.05. The highest BCUT2D eigenvalue weighted by Gasteiger charge is 2.26. The molecule has 3 aromatic rings. The summed E-state index contributed by atoms with van der Waals surface area (Å²) >= 11 is 0. The highest BCUT2D eigenvalue weighted by atomic mass is 32.2. The monoisotopic (exact) mass is 441 g/mol. The molecule has 164 valence electrons. The number of aromatic nitrogens is 3. The quantitative estimate of drug-likeness (QED) is 0.599. The van der Waals surface area contributed by atoms with E-state index in [0.29, 0.717) is 43.9 Å². The number of hydrogen-bond acceptors (Lipinski definition) is 6. The maximum atomic E-state index is 13.5. The van der Waals surface area contributed by atoms with Gasteiger partial charge in [0, 0.05) is 51.6 Å². The second-order valence-corrected chi connectivity index (χ2v) is 10.4. The van der Waals surface area contributed by atoms with Gasteiger partial charge in [0.1, 0.15) is 9.84 Å². The standard InChI is InChI=1S/C22H27N5O3S/c1-16-20-18(22(28)27-11-9-26(10-12-27)13-14-31(3,29)30)15-19(17-7-5-4-6-8-17)23-21(20)25(2)24-16/h4-8,15H,9-14H2,1-3H3. The maximum Gasteiger partial charge on any atom is 0.254 e. The molecule has 0 saturated carbocycles. The fraction of sp³-hybridized carbons (Fsp3) is 0.409. The third-order valence-corrected chi connectivity index (χ3v) is 6.63. The molecule has 0 bridgehead atoms. The number of pyridine rings is 1. The van der Waals surface area contributed by atoms with Gasteiger partial charge >= 0.3 is 0 Å². The molecule has 0 atom stereocenters. The van der Waals surface area contributed by atoms with Gasteiger partial charge in [-0.05, 0) is 13.0 Å². The summed E-state index contributed by atoms with van der Waals surface area (Å²) in [6.07, 6.45) is 1.25. The molecular formula is C22H27N5O3S. The number of carbonyl (C=O) groups excluding carboxylic acids is 1. The summed E-state index contributed by atoms with van der Waals surface area (Å²) in [5.41, 5.74) is 3.77. The van der Waals surface area contributed by atoms with Crippen LogP contribution in [0.3, 0.4) is 0 Å². The van der Waals surface area contributed by atoms with Crippen LogP contribution in [0.1, 0.15) is 16.1 Å². The summed E-state index contributed by atoms with van der Waals surface area (Å²) < 4.78 is 24.6. The molecular weight excluding hydrogens is 414 g/mol. The van der Waals surface area contributed by atoms with E-state index >= 15 is 0 Å². The van der Waals surface area contributed by atoms with Crippen LogP contribution in [-0.4, -0.2) is 83.6 Å². The molecule has 1 aliphatic heterocycles. The van der Waals surface area contributed by atoms with E-state index in [-0.39, 0.29) is 11.7 Å². The minimum Gasteiger partial charge on any atom is -0.336 e. The molecule has 8 nitrogen and oxygen atoms in total. The molecule has 4 rings (SSSR count). The zero-order valence-corrected chi connectivity index (χ0v) is 18.9. The Bertz CT molecular complexity index is 1210. The Morgan fingerprint density at radius 1 is 1.10 bits per heavy atom. The minimum atomic E-state index is -2.99. The lowest BCUT2D eigenvalue weighted by atomic mass is 10.0. The average molecular weight is 442 g/mol. The van der Waals surface area contributed by atoms with E-state index in [4.69, 9.17) is 4.98 Å². The zero-order chi connectivity index (χ0) is 22.2. The van der Waals surface area contributed by atoms with Crippen LogP contribution >= 0.6 is 0 Å². The number of benzene rings is 1. The Kier molecular flexibility index (Phi) is 5.81. The largest absolute Gasteiger partial charge is 0.336 e. The van der Waals surface area contributed by atoms with Crippen LogP contribution in [0, 0.1) is 6.92 Å². The van der Waals surface area contributed by atoms with Crippen molar-refractivity contribution >= 4 is 26.8 Å². The smallest absolute Gasteiger partial charge is 0.254 e. The first-order chi connectivity index (χ1) is 14.7. The van der Waals surface area contributed by atoms with E-state index in [9.17, 15) is 13.2 Å². The first-order valence-corrected chi connectivity index (χ1v) is 12.4. The van der Waals surface area contributed by atoms with Crippen molar-refractivity contribution < 1.29 is 13.2 Å². The van der Waals surface area contributed by atoms with E-state index in [1.165, 1.54) is 6.26 Å². The van der Waals surface area contributed by atoms with Gasteiger partial charge in [0.2, 0.25) is 0 Å². The van der Waals surface area contributed by atoms with E-state index < -0.39 is 9.84 Å². The molecule has 3 heterocycles. The number of piperazine rings is 1. The van der Waals surface area contributed by atoms with Crippen LogP contribution in [0.15, 0.2) is 36.4 Å². The molecule has 1 fully saturated rings. The fourth-order valence-electron chi connectivity index (χ4n) is 4.01. The van der Waals surface area contributed by atoms with E-state index in [0.717, 1.165) is 22.3 Å². The molecule has 9 heteroatoms. The topological polar surface area (TPSA) is 88.4 Å². The second kappa shape index (κ2) is 8.39. The van der Waals surface area contributed by atoms with E-state index in [2.05, 4.69) is 10.00 Å². The van der Waals surface area contributed by atoms with Crippen molar-refractivity contribution in [3.63, 3.8) is 0 Å². The molecule has 0 aliphatic carbocycles. The first-order valence-electron chi connectivity index (χ1n) is 10.3. The normalized spacial score (nSPS) is 15.5. The Balaban J connectivity index is 1.62. The van der Waals surface area contributed by atoms with Gasteiger partial charge < -0.3 is 4.90 Å². The van der Waals surface area contributed by atoms with Gasteiger partial charge in [0.25, 0.3) is 5.91 Å². The molecule has 0 radical (unpaired) electrons. The molecule has 1 aliphatic rings. The van der Waals surface area contributed by atoms with Crippen molar-refractivity contribution in [3.05, 3.63) is 47.7 Å². The summed E-state index contributed by atoms with van der Waals surface area (Å²) in [7, 11) is -1.15. The lowest BCUT2D eigenvalue weighted by Crippen LogP contribution is -2.49. The predicted molar refractivity (Wildman–Crippen MR) is 121 cm³/mol. The van der Waals surface area contributed by atoms with Crippen molar-refractivity contribution in [2.75, 3.05) is 44.7 Å². The Morgan fingerprint density at radius 3 is 2.42 bits per heavy atom. The number of nitrogens with zero attached hydrogens (tertiary/aromatic N) is 5. The summed E-state index contributed by atoms with van der Waals surface area (Å²) in [5, 5.41) is 5.27. The molecule has 31 heavy (non-hydrogen) atoms. The van der Waals surface area contributed by atoms with Crippen molar-refractivity contribution in [1.82, 2.24) is 24.6 Å². The van der Waals surface area contributed by atoms with Crippen LogP contribution < -0.4 is 0 Å². The van der Waals surface area contributed by atoms with Crippen molar-refractivity contribution in [1.29, 1.82) is 0 Å². The summed E-state index contributed by atoms with van der Waals surface area (Å²) in [6.45, 7) is 4.84. The zero-order valence-electron chi connectivity index (χ0n) is 18.1. The molecule has 0 unspecified atom stereocenters. The number of aryl methyl sites for hydroxylation is 2. The maximum absolute atomic E-state index is 13.5. The van der Waals surface area contributed by atoms with Gasteiger partial charge in [0.15, 0.2) is 5.65 Å². The van der Waals surface area contributed by atoms with Gasteiger partial charge in [-0.2, -0.15) is 5.10 Å². The predicted octanol–water partition coefficient (Wildman–Crippen LogP) is 1.75. The third-order valence-electron chi connectivity index (χ3n) is 5.71. The molecule has 2 aromatic heterocycles. The summed E-state index contributed by atoms with van der Waals surface area (Å²) in [6, 6.07) is 11.7. The number of amides is 1. The van der Waals surface area contributed by atoms with Crippen LogP contribution in [0.5, 0.6) is 0 Å². The summed E-state index contributed by atoms with van der Waals surface area (Å²) in [4.78, 5) is 22.2. The number of rotatable bonds is 5. The molecule has 1 aromatic carbocycles. The number of fused-ring (bicyclic) bond motifs is 1. The van der Waals surface area contributed by atoms with Gasteiger partial charge in [0.05, 0.1) is 28.1 Å². The highest BCUT2D eigenvalue weighted by Crippen LogP contribution is 2.28. The van der Waals surface area contributed by atoms with E-state index in [1.54, 1.807) is 4.68 Å². The third kappa shape index (κ3) is 4.62. The lowest BCUT2D eigenvalue weighted by molar-refractivity contribution is 0.0646. The van der Waals surface area contributed by atoms with Crippen molar-refractivity contribution in [2.24, 2.45) is 7.05 Å². The number of sulfone groups is 1. The minimum absolute atomic E-state index is 0.0385. The van der Waals surface area contributed by atoms with Gasteiger partial charge in [-0.3, -0.25) is 14.4 Å². The fourth-order valence-corrected chi connectivity index (χ4v) is 4.60. The number of carbonyl (C=O) groups is 1. The second-order valence-electron chi connectivity index (χ2n) is 8.09. The molecule has 1 saturated heterocycles. The van der Waals surface area contributed by atoms with Crippen LogP contribution in [0.4, 0.5) is 0 Å². The van der Waals surface area contributed by atoms with Crippen molar-refractivity contribution in [3.8, 4) is 11.3 Å². The first kappa shape index (κ1) is 21.5. The van der Waals surface area contributed by atoms with E-state index in [1.807, 2.05) is 55.3 Å². The van der Waals surface area contributed by atoms with Crippen LogP contribution in [0.2, 0.25) is 0 Å². The van der Waals surface area contributed by atoms with Gasteiger partial charge in [-0.1, -0.05) is 30.3 Å². The Hall–Kier alpha value is -2.78. The highest BCUT2D eigenvalue weighted by molar-refractivity contribution is 7.90. The van der Waals surface area contributed by atoms with Crippen LogP contribution in [0.25, 0.3) is 22.3 Å². The SMILES string of the molecule is Cc1nn(C)c2nc(-c3ccccc3)cc(C(=O)N3CCN(CCS(C)(=O)=O)CC3)c12. The van der Waals surface area contributed by atoms with Gasteiger partial charge in [-0.15, -0.1) is 0 Å². The lowest BCUT2D eigenvalue weighted by Gasteiger charge is -2.34. The Morgan fingerprint density at radius 2 is 1.77 bits per heavy atom. The van der Waals surface area contributed by atoms with Crippen LogP contribution in [-0.2, 0) is 16.9 Å². The van der Waals surface area contributed by atoms with Crippen molar-refractivity contribution in [2.45, 2.75) is 6.92 Å². The Labute approximate surface area is 182 Å². The molecule has 0 spiro atoms.